The molecular weight excluding hydrogens is 242 g/mol. The highest BCUT2D eigenvalue weighted by molar-refractivity contribution is 5.94. The van der Waals surface area contributed by atoms with Crippen molar-refractivity contribution in [1.29, 1.82) is 0 Å². The van der Waals surface area contributed by atoms with Gasteiger partial charge in [-0.3, -0.25) is 9.59 Å². The van der Waals surface area contributed by atoms with Gasteiger partial charge in [-0.25, -0.2) is 0 Å². The number of aromatic amines is 1. The number of hydrogen-bond donors (Lipinski definition) is 3. The van der Waals surface area contributed by atoms with E-state index in [1.54, 1.807) is 0 Å². The van der Waals surface area contributed by atoms with Gasteiger partial charge in [0.25, 0.3) is 5.91 Å². The molecule has 0 atom stereocenters. The standard InChI is InChI=1S/C14H21N3O2/c1-10-2-5-14(9-15,6-3-10)17-13(19)11-8-16-7-4-12(11)18/h4,7-8,10H,2-3,5-6,9,15H2,1H3,(H,16,18)(H,17,19). The van der Waals surface area contributed by atoms with Crippen molar-refractivity contribution in [2.75, 3.05) is 6.54 Å². The van der Waals surface area contributed by atoms with Crippen LogP contribution in [0.2, 0.25) is 0 Å². The molecule has 1 heterocycles. The normalized spacial score (nSPS) is 26.9. The zero-order chi connectivity index (χ0) is 13.9. The monoisotopic (exact) mass is 263 g/mol. The van der Waals surface area contributed by atoms with Crippen LogP contribution in [-0.2, 0) is 0 Å². The van der Waals surface area contributed by atoms with Crippen LogP contribution in [0.3, 0.4) is 0 Å². The van der Waals surface area contributed by atoms with Crippen molar-refractivity contribution >= 4 is 5.91 Å². The van der Waals surface area contributed by atoms with Crippen LogP contribution < -0.4 is 16.5 Å². The molecule has 4 N–H and O–H groups in total. The van der Waals surface area contributed by atoms with Gasteiger partial charge in [0, 0.05) is 25.0 Å². The van der Waals surface area contributed by atoms with Crippen LogP contribution in [0, 0.1) is 5.92 Å². The minimum Gasteiger partial charge on any atom is -0.367 e. The minimum atomic E-state index is -0.355. The summed E-state index contributed by atoms with van der Waals surface area (Å²) in [6, 6.07) is 1.35. The minimum absolute atomic E-state index is 0.147. The SMILES string of the molecule is CC1CCC(CN)(NC(=O)c2c[nH]ccc2=O)CC1. The fourth-order valence-corrected chi connectivity index (χ4v) is 2.60. The third-order valence-corrected chi connectivity index (χ3v) is 4.07. The molecule has 0 aliphatic heterocycles. The fourth-order valence-electron chi connectivity index (χ4n) is 2.60. The van der Waals surface area contributed by atoms with Gasteiger partial charge < -0.3 is 16.0 Å². The first kappa shape index (κ1) is 13.8. The van der Waals surface area contributed by atoms with Crippen LogP contribution in [0.1, 0.15) is 43.0 Å². The maximum Gasteiger partial charge on any atom is 0.257 e. The molecule has 1 aromatic heterocycles. The number of aromatic nitrogens is 1. The van der Waals surface area contributed by atoms with Crippen molar-refractivity contribution in [3.8, 4) is 0 Å². The van der Waals surface area contributed by atoms with Gasteiger partial charge in [0.05, 0.1) is 5.54 Å². The number of amides is 1. The maximum absolute atomic E-state index is 12.2. The lowest BCUT2D eigenvalue weighted by Gasteiger charge is -2.39. The van der Waals surface area contributed by atoms with E-state index in [0.717, 1.165) is 25.7 Å². The highest BCUT2D eigenvalue weighted by Crippen LogP contribution is 2.31. The summed E-state index contributed by atoms with van der Waals surface area (Å²) in [6.07, 6.45) is 6.82. The smallest absolute Gasteiger partial charge is 0.257 e. The zero-order valence-electron chi connectivity index (χ0n) is 11.2. The average Bonchev–Trinajstić information content (AvgIpc) is 2.42. The highest BCUT2D eigenvalue weighted by Gasteiger charge is 2.34. The van der Waals surface area contributed by atoms with Crippen LogP contribution in [0.4, 0.5) is 0 Å². The van der Waals surface area contributed by atoms with Crippen LogP contribution in [0.5, 0.6) is 0 Å². The van der Waals surface area contributed by atoms with Crippen LogP contribution in [0.25, 0.3) is 0 Å². The second-order valence-electron chi connectivity index (χ2n) is 5.54. The van der Waals surface area contributed by atoms with E-state index >= 15 is 0 Å². The Labute approximate surface area is 112 Å². The number of hydrogen-bond acceptors (Lipinski definition) is 3. The topological polar surface area (TPSA) is 88.0 Å². The summed E-state index contributed by atoms with van der Waals surface area (Å²) in [5.41, 5.74) is 5.37. The molecule has 1 aliphatic rings. The molecule has 1 saturated carbocycles. The molecule has 0 aromatic carbocycles. The third kappa shape index (κ3) is 3.04. The number of pyridine rings is 1. The van der Waals surface area contributed by atoms with Crippen LogP contribution in [0.15, 0.2) is 23.3 Å². The lowest BCUT2D eigenvalue weighted by atomic mass is 9.77. The highest BCUT2D eigenvalue weighted by atomic mass is 16.2. The Morgan fingerprint density at radius 1 is 1.53 bits per heavy atom. The van der Waals surface area contributed by atoms with E-state index in [1.807, 2.05) is 0 Å². The summed E-state index contributed by atoms with van der Waals surface area (Å²) < 4.78 is 0. The van der Waals surface area contributed by atoms with E-state index in [0.29, 0.717) is 12.5 Å². The molecule has 1 amide bonds. The molecule has 0 spiro atoms. The van der Waals surface area contributed by atoms with E-state index < -0.39 is 0 Å². The fraction of sp³-hybridized carbons (Fsp3) is 0.571. The van der Waals surface area contributed by atoms with Crippen molar-refractivity contribution in [3.05, 3.63) is 34.2 Å². The Morgan fingerprint density at radius 2 is 2.21 bits per heavy atom. The Hall–Kier alpha value is -1.62. The van der Waals surface area contributed by atoms with E-state index in [4.69, 9.17) is 5.73 Å². The lowest BCUT2D eigenvalue weighted by molar-refractivity contribution is 0.0858. The molecule has 0 radical (unpaired) electrons. The number of nitrogens with one attached hydrogen (secondary N) is 2. The predicted molar refractivity (Wildman–Crippen MR) is 73.9 cm³/mol. The molecule has 1 aromatic rings. The third-order valence-electron chi connectivity index (χ3n) is 4.07. The second kappa shape index (κ2) is 5.57. The first-order valence-electron chi connectivity index (χ1n) is 6.76. The Kier molecular flexibility index (Phi) is 4.04. The van der Waals surface area contributed by atoms with Gasteiger partial charge in [-0.2, -0.15) is 0 Å². The molecule has 2 rings (SSSR count). The predicted octanol–water partition coefficient (Wildman–Crippen LogP) is 1.01. The second-order valence-corrected chi connectivity index (χ2v) is 5.54. The first-order valence-corrected chi connectivity index (χ1v) is 6.76. The van der Waals surface area contributed by atoms with Gasteiger partial charge in [-0.1, -0.05) is 6.92 Å². The van der Waals surface area contributed by atoms with Gasteiger partial charge in [0.15, 0.2) is 5.43 Å². The van der Waals surface area contributed by atoms with Crippen molar-refractivity contribution in [2.45, 2.75) is 38.1 Å². The lowest BCUT2D eigenvalue weighted by Crippen LogP contribution is -2.56. The molecule has 0 bridgehead atoms. The quantitative estimate of drug-likeness (QED) is 0.760. The molecule has 5 heteroatoms. The summed E-state index contributed by atoms with van der Waals surface area (Å²) in [5.74, 6) is 0.346. The van der Waals surface area contributed by atoms with Gasteiger partial charge in [0.2, 0.25) is 0 Å². The maximum atomic E-state index is 12.2. The van der Waals surface area contributed by atoms with E-state index in [1.165, 1.54) is 18.5 Å². The van der Waals surface area contributed by atoms with Crippen molar-refractivity contribution in [1.82, 2.24) is 10.3 Å². The number of carbonyl (C=O) groups excluding carboxylic acids is 1. The van der Waals surface area contributed by atoms with E-state index in [2.05, 4.69) is 17.2 Å². The number of H-pyrrole nitrogens is 1. The van der Waals surface area contributed by atoms with E-state index in [-0.39, 0.29) is 22.4 Å². The van der Waals surface area contributed by atoms with Gasteiger partial charge >= 0.3 is 0 Å². The molecule has 104 valence electrons. The van der Waals surface area contributed by atoms with Crippen molar-refractivity contribution in [2.24, 2.45) is 11.7 Å². The Bertz CT molecular complexity index is 501. The molecule has 19 heavy (non-hydrogen) atoms. The Morgan fingerprint density at radius 3 is 2.79 bits per heavy atom. The van der Waals surface area contributed by atoms with Gasteiger partial charge in [-0.15, -0.1) is 0 Å². The molecule has 0 unspecified atom stereocenters. The van der Waals surface area contributed by atoms with Crippen molar-refractivity contribution in [3.63, 3.8) is 0 Å². The molecule has 1 aliphatic carbocycles. The largest absolute Gasteiger partial charge is 0.367 e. The Balaban J connectivity index is 2.13. The van der Waals surface area contributed by atoms with Gasteiger partial charge in [-0.05, 0) is 31.6 Å². The number of nitrogens with two attached hydrogens (primary N) is 1. The van der Waals surface area contributed by atoms with Gasteiger partial charge in [0.1, 0.15) is 5.56 Å². The summed E-state index contributed by atoms with van der Waals surface area (Å²) in [6.45, 7) is 2.63. The zero-order valence-corrected chi connectivity index (χ0v) is 11.2. The molecule has 1 fully saturated rings. The summed E-state index contributed by atoms with van der Waals surface area (Å²) >= 11 is 0. The summed E-state index contributed by atoms with van der Waals surface area (Å²) in [4.78, 5) is 26.6. The average molecular weight is 263 g/mol. The number of carbonyl (C=O) groups is 1. The molecular formula is C14H21N3O2. The van der Waals surface area contributed by atoms with Crippen molar-refractivity contribution < 1.29 is 4.79 Å². The van der Waals surface area contributed by atoms with Crippen LogP contribution in [-0.4, -0.2) is 23.0 Å². The molecule has 0 saturated heterocycles. The number of rotatable bonds is 3. The summed E-state index contributed by atoms with van der Waals surface area (Å²) in [7, 11) is 0. The van der Waals surface area contributed by atoms with Crippen LogP contribution >= 0.6 is 0 Å². The first-order chi connectivity index (χ1) is 9.06. The summed E-state index contributed by atoms with van der Waals surface area (Å²) in [5, 5.41) is 2.98. The molecule has 5 nitrogen and oxygen atoms in total. The van der Waals surface area contributed by atoms with E-state index in [9.17, 15) is 9.59 Å².